The van der Waals surface area contributed by atoms with Gasteiger partial charge in [-0.15, -0.1) is 16.4 Å². The molecule has 0 atom stereocenters. The molecule has 0 fully saturated rings. The van der Waals surface area contributed by atoms with Gasteiger partial charge in [-0.1, -0.05) is 127 Å². The van der Waals surface area contributed by atoms with E-state index in [0.717, 1.165) is 60.7 Å². The third-order valence-electron chi connectivity index (χ3n) is 9.06. The van der Waals surface area contributed by atoms with Crippen molar-refractivity contribution < 1.29 is 0 Å². The van der Waals surface area contributed by atoms with Crippen molar-refractivity contribution in [2.75, 3.05) is 0 Å². The van der Waals surface area contributed by atoms with Crippen LogP contribution in [0.4, 0.5) is 0 Å². The minimum Gasteiger partial charge on any atom is -0.242 e. The third-order valence-corrected chi connectivity index (χ3v) is 10.2. The van der Waals surface area contributed by atoms with Gasteiger partial charge in [-0.05, 0) is 51.6 Å². The maximum Gasteiger partial charge on any atom is 0.182 e. The molecule has 0 saturated heterocycles. The first kappa shape index (κ1) is 26.9. The summed E-state index contributed by atoms with van der Waals surface area (Å²) in [6.07, 6.45) is 0. The highest BCUT2D eigenvalue weighted by Crippen LogP contribution is 2.40. The second-order valence-electron chi connectivity index (χ2n) is 11.9. The highest BCUT2D eigenvalue weighted by atomic mass is 32.1. The molecular weight excluding hydrogens is 607 g/mol. The maximum atomic E-state index is 5.14. The van der Waals surface area contributed by atoms with E-state index in [0.29, 0.717) is 5.82 Å². The minimum atomic E-state index is 0.666. The highest BCUT2D eigenvalue weighted by molar-refractivity contribution is 7.22. The Balaban J connectivity index is 1.14. The van der Waals surface area contributed by atoms with Crippen molar-refractivity contribution in [1.82, 2.24) is 24.6 Å². The molecule has 224 valence electrons. The van der Waals surface area contributed by atoms with Crippen molar-refractivity contribution in [2.45, 2.75) is 0 Å². The number of hydrogen-bond acceptors (Lipinski definition) is 5. The van der Waals surface area contributed by atoms with Gasteiger partial charge < -0.3 is 0 Å². The summed E-state index contributed by atoms with van der Waals surface area (Å²) in [5, 5.41) is 11.0. The summed E-state index contributed by atoms with van der Waals surface area (Å²) in [4.78, 5) is 15.2. The van der Waals surface area contributed by atoms with Crippen LogP contribution in [0.15, 0.2) is 152 Å². The first-order valence-electron chi connectivity index (χ1n) is 15.9. The fourth-order valence-electron chi connectivity index (χ4n) is 6.78. The van der Waals surface area contributed by atoms with E-state index in [2.05, 4.69) is 103 Å². The Morgan fingerprint density at radius 3 is 2.06 bits per heavy atom. The van der Waals surface area contributed by atoms with Gasteiger partial charge in [0.25, 0.3) is 0 Å². The van der Waals surface area contributed by atoms with Gasteiger partial charge in [0.15, 0.2) is 11.5 Å². The van der Waals surface area contributed by atoms with Gasteiger partial charge in [-0.25, -0.2) is 19.5 Å². The molecule has 0 saturated carbocycles. The molecule has 10 rings (SSSR count). The zero-order valence-corrected chi connectivity index (χ0v) is 26.4. The summed E-state index contributed by atoms with van der Waals surface area (Å²) in [6, 6.07) is 52.7. The largest absolute Gasteiger partial charge is 0.242 e. The van der Waals surface area contributed by atoms with E-state index in [-0.39, 0.29) is 0 Å². The van der Waals surface area contributed by atoms with Crippen molar-refractivity contribution in [3.05, 3.63) is 152 Å². The fourth-order valence-corrected chi connectivity index (χ4v) is 7.92. The van der Waals surface area contributed by atoms with Gasteiger partial charge in [0.1, 0.15) is 10.7 Å². The monoisotopic (exact) mass is 631 g/mol. The summed E-state index contributed by atoms with van der Waals surface area (Å²) in [7, 11) is 0. The van der Waals surface area contributed by atoms with Crippen LogP contribution in [0.2, 0.25) is 0 Å². The average molecular weight is 632 g/mol. The van der Waals surface area contributed by atoms with Crippen LogP contribution < -0.4 is 0 Å². The predicted octanol–water partition coefficient (Wildman–Crippen LogP) is 10.9. The second-order valence-corrected chi connectivity index (χ2v) is 12.9. The molecule has 0 radical (unpaired) electrons. The van der Waals surface area contributed by atoms with Crippen LogP contribution in [0, 0.1) is 0 Å². The summed E-state index contributed by atoms with van der Waals surface area (Å²) < 4.78 is 3.15. The number of benzene rings is 7. The minimum absolute atomic E-state index is 0.666. The van der Waals surface area contributed by atoms with Crippen molar-refractivity contribution in [1.29, 1.82) is 0 Å². The summed E-state index contributed by atoms with van der Waals surface area (Å²) >= 11 is 1.76. The van der Waals surface area contributed by atoms with Crippen molar-refractivity contribution in [3.63, 3.8) is 0 Å². The SMILES string of the molecule is c1ccc(-c2nc3ccc4ccc5cc(-c6ccccc6-c6nc7c(-c8ccccc8)nc8ccccc8n7n6)ccc5c4c3s2)cc1. The van der Waals surface area contributed by atoms with Crippen LogP contribution >= 0.6 is 11.3 Å². The lowest BCUT2D eigenvalue weighted by molar-refractivity contribution is 1.00. The molecule has 0 amide bonds. The van der Waals surface area contributed by atoms with Gasteiger partial charge in [0, 0.05) is 22.1 Å². The van der Waals surface area contributed by atoms with Crippen LogP contribution in [-0.4, -0.2) is 24.6 Å². The summed E-state index contributed by atoms with van der Waals surface area (Å²) in [5.74, 6) is 0.666. The molecule has 0 spiro atoms. The Hall–Kier alpha value is -6.24. The molecule has 0 bridgehead atoms. The zero-order chi connectivity index (χ0) is 31.6. The summed E-state index contributed by atoms with van der Waals surface area (Å²) in [5.41, 5.74) is 9.70. The molecule has 5 nitrogen and oxygen atoms in total. The van der Waals surface area contributed by atoms with E-state index < -0.39 is 0 Å². The second kappa shape index (κ2) is 10.7. The van der Waals surface area contributed by atoms with E-state index in [1.165, 1.54) is 26.2 Å². The van der Waals surface area contributed by atoms with E-state index in [9.17, 15) is 0 Å². The Morgan fingerprint density at radius 2 is 1.21 bits per heavy atom. The maximum absolute atomic E-state index is 5.14. The van der Waals surface area contributed by atoms with Crippen molar-refractivity contribution in [3.8, 4) is 44.3 Å². The molecule has 3 aromatic heterocycles. The van der Waals surface area contributed by atoms with E-state index in [1.807, 2.05) is 53.0 Å². The molecule has 3 heterocycles. The zero-order valence-electron chi connectivity index (χ0n) is 25.6. The molecule has 0 aliphatic heterocycles. The first-order chi connectivity index (χ1) is 23.8. The quantitative estimate of drug-likeness (QED) is 0.181. The average Bonchev–Trinajstić information content (AvgIpc) is 3.81. The molecule has 0 aliphatic carbocycles. The molecule has 0 aliphatic rings. The van der Waals surface area contributed by atoms with Crippen LogP contribution in [0.5, 0.6) is 0 Å². The van der Waals surface area contributed by atoms with Crippen molar-refractivity contribution >= 4 is 59.8 Å². The lowest BCUT2D eigenvalue weighted by Gasteiger charge is -2.10. The number of fused-ring (bicyclic) bond motifs is 8. The standard InChI is InChI=1S/C42H25N5S/c1-3-11-27(12-4-1)38-41-45-40(46-47(41)36-18-10-9-17-34(36)43-38)33-16-8-7-15-31(33)29-21-23-32-30(25-29)20-19-26-22-24-35-39(37(26)32)48-42(44-35)28-13-5-2-6-14-28/h1-25H. The topological polar surface area (TPSA) is 56.0 Å². The lowest BCUT2D eigenvalue weighted by Crippen LogP contribution is -1.97. The lowest BCUT2D eigenvalue weighted by atomic mass is 9.94. The third kappa shape index (κ3) is 4.24. The molecule has 7 aromatic carbocycles. The predicted molar refractivity (Wildman–Crippen MR) is 198 cm³/mol. The van der Waals surface area contributed by atoms with Gasteiger partial charge in [-0.2, -0.15) is 0 Å². The van der Waals surface area contributed by atoms with E-state index in [4.69, 9.17) is 20.1 Å². The smallest absolute Gasteiger partial charge is 0.182 e. The van der Waals surface area contributed by atoms with Crippen LogP contribution in [-0.2, 0) is 0 Å². The van der Waals surface area contributed by atoms with Gasteiger partial charge in [0.2, 0.25) is 0 Å². The number of rotatable bonds is 4. The molecule has 0 unspecified atom stereocenters. The molecule has 48 heavy (non-hydrogen) atoms. The Morgan fingerprint density at radius 1 is 0.500 bits per heavy atom. The van der Waals surface area contributed by atoms with Gasteiger partial charge in [0.05, 0.1) is 21.3 Å². The van der Waals surface area contributed by atoms with E-state index >= 15 is 0 Å². The Labute approximate surface area is 279 Å². The highest BCUT2D eigenvalue weighted by Gasteiger charge is 2.19. The number of thiazole rings is 1. The fraction of sp³-hybridized carbons (Fsp3) is 0. The molecule has 0 N–H and O–H groups in total. The van der Waals surface area contributed by atoms with Gasteiger partial charge >= 0.3 is 0 Å². The summed E-state index contributed by atoms with van der Waals surface area (Å²) in [6.45, 7) is 0. The van der Waals surface area contributed by atoms with Crippen molar-refractivity contribution in [2.24, 2.45) is 0 Å². The van der Waals surface area contributed by atoms with Crippen LogP contribution in [0.25, 0.3) is 92.8 Å². The molecule has 6 heteroatoms. The number of hydrogen-bond donors (Lipinski definition) is 0. The van der Waals surface area contributed by atoms with Crippen LogP contribution in [0.1, 0.15) is 0 Å². The number of aromatic nitrogens is 5. The molecular formula is C42H25N5S. The first-order valence-corrected chi connectivity index (χ1v) is 16.7. The number of nitrogens with zero attached hydrogens (tertiary/aromatic N) is 5. The van der Waals surface area contributed by atoms with Crippen LogP contribution in [0.3, 0.4) is 0 Å². The van der Waals surface area contributed by atoms with E-state index in [1.54, 1.807) is 11.3 Å². The van der Waals surface area contributed by atoms with Gasteiger partial charge in [-0.3, -0.25) is 0 Å². The Kier molecular flexibility index (Phi) is 5.98. The molecule has 10 aromatic rings. The number of para-hydroxylation sites is 2. The Bertz CT molecular complexity index is 2840. The normalized spacial score (nSPS) is 11.8.